The Morgan fingerprint density at radius 1 is 0.857 bits per heavy atom. The number of carbonyl (C=O) groups excluding carboxylic acids is 3. The van der Waals surface area contributed by atoms with Crippen molar-refractivity contribution in [2.75, 3.05) is 11.9 Å². The molecule has 0 fully saturated rings. The zero-order valence-corrected chi connectivity index (χ0v) is 18.6. The second-order valence-electron chi connectivity index (χ2n) is 7.53. The van der Waals surface area contributed by atoms with E-state index in [9.17, 15) is 34.6 Å². The number of amides is 1. The molecule has 0 unspecified atom stereocenters. The van der Waals surface area contributed by atoms with E-state index in [1.165, 1.54) is 24.3 Å². The molecule has 0 spiro atoms. The van der Waals surface area contributed by atoms with E-state index >= 15 is 0 Å². The maximum atomic E-state index is 12.7. The van der Waals surface area contributed by atoms with Gasteiger partial charge in [0, 0.05) is 11.6 Å². The van der Waals surface area contributed by atoms with Crippen LogP contribution in [0.1, 0.15) is 42.2 Å². The molecule has 178 valence electrons. The summed E-state index contributed by atoms with van der Waals surface area (Å²) in [5.74, 6) is -2.25. The molecule has 35 heavy (non-hydrogen) atoms. The highest BCUT2D eigenvalue weighted by Gasteiger charge is 2.25. The fourth-order valence-corrected chi connectivity index (χ4v) is 3.26. The van der Waals surface area contributed by atoms with Gasteiger partial charge < -0.3 is 10.1 Å². The van der Waals surface area contributed by atoms with Crippen molar-refractivity contribution in [3.8, 4) is 0 Å². The van der Waals surface area contributed by atoms with Crippen molar-refractivity contribution < 1.29 is 29.0 Å². The normalized spacial score (nSPS) is 10.3. The maximum absolute atomic E-state index is 12.7. The third-order valence-corrected chi connectivity index (χ3v) is 5.06. The van der Waals surface area contributed by atoms with E-state index in [-0.39, 0.29) is 11.3 Å². The number of aryl methyl sites for hydroxylation is 2. The van der Waals surface area contributed by atoms with Gasteiger partial charge in [0.2, 0.25) is 5.78 Å². The van der Waals surface area contributed by atoms with E-state index in [1.807, 2.05) is 13.0 Å². The number of nitrogens with zero attached hydrogens (tertiary/aromatic N) is 2. The molecule has 0 saturated carbocycles. The highest BCUT2D eigenvalue weighted by molar-refractivity contribution is 6.10. The number of hydrogen-bond donors (Lipinski definition) is 1. The molecule has 0 atom stereocenters. The number of rotatable bonds is 8. The number of ether oxygens (including phenoxy) is 1. The molecule has 0 radical (unpaired) electrons. The monoisotopic (exact) mass is 477 g/mol. The average Bonchev–Trinajstić information content (AvgIpc) is 2.83. The highest BCUT2D eigenvalue weighted by atomic mass is 16.6. The second-order valence-corrected chi connectivity index (χ2v) is 7.53. The minimum atomic E-state index is -0.960. The number of nitrogens with one attached hydrogen (secondary N) is 1. The lowest BCUT2D eigenvalue weighted by Gasteiger charge is -2.11. The van der Waals surface area contributed by atoms with E-state index in [0.717, 1.165) is 23.3 Å². The molecule has 3 aromatic carbocycles. The first-order chi connectivity index (χ1) is 16.6. The lowest BCUT2D eigenvalue weighted by molar-refractivity contribution is -0.394. The van der Waals surface area contributed by atoms with Gasteiger partial charge in [-0.1, -0.05) is 29.8 Å². The number of benzene rings is 3. The smallest absolute Gasteiger partial charge is 0.340 e. The molecule has 3 aromatic rings. The minimum absolute atomic E-state index is 0.0191. The van der Waals surface area contributed by atoms with Gasteiger partial charge in [0.05, 0.1) is 27.2 Å². The van der Waals surface area contributed by atoms with Gasteiger partial charge in [-0.3, -0.25) is 29.8 Å². The molecule has 1 amide bonds. The van der Waals surface area contributed by atoms with Crippen LogP contribution in [0.15, 0.2) is 60.7 Å². The zero-order chi connectivity index (χ0) is 25.7. The van der Waals surface area contributed by atoms with E-state index in [0.29, 0.717) is 11.6 Å². The van der Waals surface area contributed by atoms with Gasteiger partial charge >= 0.3 is 5.97 Å². The maximum Gasteiger partial charge on any atom is 0.340 e. The summed E-state index contributed by atoms with van der Waals surface area (Å²) in [4.78, 5) is 58.4. The Hall–Kier alpha value is -4.93. The molecule has 0 aliphatic carbocycles. The van der Waals surface area contributed by atoms with Crippen molar-refractivity contribution in [1.29, 1.82) is 0 Å². The summed E-state index contributed by atoms with van der Waals surface area (Å²) in [5.41, 5.74) is 0.168. The summed E-state index contributed by atoms with van der Waals surface area (Å²) in [5, 5.41) is 24.6. The molecular formula is C24H19N3O8. The first kappa shape index (κ1) is 24.7. The topological polar surface area (TPSA) is 159 Å². The van der Waals surface area contributed by atoms with Gasteiger partial charge in [-0.2, -0.15) is 0 Å². The van der Waals surface area contributed by atoms with Crippen LogP contribution in [0.5, 0.6) is 0 Å². The molecule has 0 aliphatic rings. The molecule has 0 bridgehead atoms. The van der Waals surface area contributed by atoms with Gasteiger partial charge in [-0.05, 0) is 43.7 Å². The van der Waals surface area contributed by atoms with Crippen molar-refractivity contribution in [2.45, 2.75) is 13.8 Å². The minimum Gasteiger partial charge on any atom is -0.454 e. The SMILES string of the molecule is Cc1ccc(C)c(C(=O)COC(=O)c2ccccc2NC(=O)c2ccc([N+](=O)[O-])cc2[N+](=O)[O-])c1. The Morgan fingerprint density at radius 2 is 1.57 bits per heavy atom. The number of carbonyl (C=O) groups is 3. The fourth-order valence-electron chi connectivity index (χ4n) is 3.26. The van der Waals surface area contributed by atoms with E-state index in [2.05, 4.69) is 5.32 Å². The fraction of sp³-hybridized carbons (Fsp3) is 0.125. The molecule has 11 heteroatoms. The summed E-state index contributed by atoms with van der Waals surface area (Å²) >= 11 is 0. The van der Waals surface area contributed by atoms with Crippen LogP contribution in [-0.4, -0.2) is 34.1 Å². The summed E-state index contributed by atoms with van der Waals surface area (Å²) in [6.45, 7) is 3.06. The Morgan fingerprint density at radius 3 is 2.26 bits per heavy atom. The number of ketones is 1. The predicted octanol–water partition coefficient (Wildman–Crippen LogP) is 4.41. The standard InChI is InChI=1S/C24H19N3O8/c1-14-7-8-15(2)19(11-14)22(28)13-35-24(30)17-5-3-4-6-20(17)25-23(29)18-10-9-16(26(31)32)12-21(18)27(33)34/h3-12H,13H2,1-2H3,(H,25,29). The molecule has 0 saturated heterocycles. The predicted molar refractivity (Wildman–Crippen MR) is 125 cm³/mol. The molecule has 3 rings (SSSR count). The number of non-ortho nitro benzene ring substituents is 1. The first-order valence-electron chi connectivity index (χ1n) is 10.2. The summed E-state index contributed by atoms with van der Waals surface area (Å²) in [7, 11) is 0. The van der Waals surface area contributed by atoms with E-state index in [1.54, 1.807) is 19.1 Å². The van der Waals surface area contributed by atoms with Crippen LogP contribution in [0.2, 0.25) is 0 Å². The zero-order valence-electron chi connectivity index (χ0n) is 18.6. The van der Waals surface area contributed by atoms with Gasteiger partial charge in [0.25, 0.3) is 17.3 Å². The number of Topliss-reactive ketones (excluding diaryl/α,β-unsaturated/α-hetero) is 1. The van der Waals surface area contributed by atoms with Crippen LogP contribution < -0.4 is 5.32 Å². The number of anilines is 1. The molecular weight excluding hydrogens is 458 g/mol. The molecule has 1 N–H and O–H groups in total. The van der Waals surface area contributed by atoms with Gasteiger partial charge in [0.15, 0.2) is 6.61 Å². The second kappa shape index (κ2) is 10.3. The highest BCUT2D eigenvalue weighted by Crippen LogP contribution is 2.26. The first-order valence-corrected chi connectivity index (χ1v) is 10.2. The lowest BCUT2D eigenvalue weighted by atomic mass is 10.0. The third-order valence-electron chi connectivity index (χ3n) is 5.06. The van der Waals surface area contributed by atoms with Crippen molar-refractivity contribution in [3.05, 3.63) is 109 Å². The molecule has 0 heterocycles. The number of esters is 1. The largest absolute Gasteiger partial charge is 0.454 e. The average molecular weight is 477 g/mol. The van der Waals surface area contributed by atoms with Crippen molar-refractivity contribution in [1.82, 2.24) is 0 Å². The van der Waals surface area contributed by atoms with Gasteiger partial charge in [-0.15, -0.1) is 0 Å². The Balaban J connectivity index is 1.79. The van der Waals surface area contributed by atoms with Crippen molar-refractivity contribution in [2.24, 2.45) is 0 Å². The number of nitro groups is 2. The van der Waals surface area contributed by atoms with E-state index in [4.69, 9.17) is 4.74 Å². The van der Waals surface area contributed by atoms with Crippen LogP contribution in [0.3, 0.4) is 0 Å². The molecule has 0 aliphatic heterocycles. The van der Waals surface area contributed by atoms with Gasteiger partial charge in [0.1, 0.15) is 5.56 Å². The van der Waals surface area contributed by atoms with Crippen molar-refractivity contribution >= 4 is 34.7 Å². The molecule has 0 aromatic heterocycles. The molecule has 11 nitrogen and oxygen atoms in total. The third kappa shape index (κ3) is 5.71. The van der Waals surface area contributed by atoms with Crippen LogP contribution >= 0.6 is 0 Å². The van der Waals surface area contributed by atoms with Crippen LogP contribution in [0.25, 0.3) is 0 Å². The Bertz CT molecular complexity index is 1370. The Kier molecular flexibility index (Phi) is 7.30. The lowest BCUT2D eigenvalue weighted by Crippen LogP contribution is -2.19. The van der Waals surface area contributed by atoms with Crippen LogP contribution in [0.4, 0.5) is 17.1 Å². The Labute approximate surface area is 198 Å². The van der Waals surface area contributed by atoms with Crippen LogP contribution in [-0.2, 0) is 4.74 Å². The summed E-state index contributed by atoms with van der Waals surface area (Å²) < 4.78 is 5.15. The summed E-state index contributed by atoms with van der Waals surface area (Å²) in [6.07, 6.45) is 0. The number of para-hydroxylation sites is 1. The van der Waals surface area contributed by atoms with Crippen LogP contribution in [0, 0.1) is 34.1 Å². The number of nitro benzene ring substituents is 2. The van der Waals surface area contributed by atoms with Gasteiger partial charge in [-0.25, -0.2) is 4.79 Å². The number of hydrogen-bond acceptors (Lipinski definition) is 8. The quantitative estimate of drug-likeness (QED) is 0.216. The van der Waals surface area contributed by atoms with Crippen molar-refractivity contribution in [3.63, 3.8) is 0 Å². The summed E-state index contributed by atoms with van der Waals surface area (Å²) in [6, 6.07) is 13.7. The van der Waals surface area contributed by atoms with E-state index < -0.39 is 51.1 Å².